The predicted octanol–water partition coefficient (Wildman–Crippen LogP) is 3.36. The van der Waals surface area contributed by atoms with Crippen molar-refractivity contribution in [3.05, 3.63) is 34.9 Å². The van der Waals surface area contributed by atoms with Crippen LogP contribution in [0.15, 0.2) is 24.3 Å². The molecule has 4 nitrogen and oxygen atoms in total. The van der Waals surface area contributed by atoms with Gasteiger partial charge >= 0.3 is 5.97 Å². The number of rotatable bonds is 5. The van der Waals surface area contributed by atoms with E-state index >= 15 is 0 Å². The quantitative estimate of drug-likeness (QED) is 0.618. The molecule has 21 heavy (non-hydrogen) atoms. The number of ketones is 2. The van der Waals surface area contributed by atoms with Crippen molar-refractivity contribution in [2.24, 2.45) is 0 Å². The first-order valence-electron chi connectivity index (χ1n) is 7.07. The molecule has 5 heteroatoms. The van der Waals surface area contributed by atoms with E-state index in [-0.39, 0.29) is 24.4 Å². The molecule has 112 valence electrons. The fourth-order valence-electron chi connectivity index (χ4n) is 2.29. The summed E-state index contributed by atoms with van der Waals surface area (Å²) < 4.78 is 5.15. The van der Waals surface area contributed by atoms with E-state index in [0.717, 1.165) is 12.8 Å². The van der Waals surface area contributed by atoms with E-state index in [9.17, 15) is 14.4 Å². The van der Waals surface area contributed by atoms with Gasteiger partial charge in [-0.05, 0) is 43.5 Å². The SMILES string of the molecule is O=C(CCC(=O)c1ccc(Cl)cc1)O[C@@H]1CCCCC1=O. The summed E-state index contributed by atoms with van der Waals surface area (Å²) in [5, 5.41) is 0.557. The van der Waals surface area contributed by atoms with Crippen LogP contribution in [-0.4, -0.2) is 23.6 Å². The summed E-state index contributed by atoms with van der Waals surface area (Å²) in [6, 6.07) is 6.52. The van der Waals surface area contributed by atoms with Crippen LogP contribution in [-0.2, 0) is 14.3 Å². The summed E-state index contributed by atoms with van der Waals surface area (Å²) >= 11 is 5.75. The fourth-order valence-corrected chi connectivity index (χ4v) is 2.41. The molecule has 0 unspecified atom stereocenters. The molecular formula is C16H17ClO4. The van der Waals surface area contributed by atoms with E-state index in [2.05, 4.69) is 0 Å². The van der Waals surface area contributed by atoms with Crippen LogP contribution in [0.1, 0.15) is 48.9 Å². The predicted molar refractivity (Wildman–Crippen MR) is 78.4 cm³/mol. The van der Waals surface area contributed by atoms with Gasteiger partial charge in [0.05, 0.1) is 6.42 Å². The van der Waals surface area contributed by atoms with Gasteiger partial charge in [0.2, 0.25) is 0 Å². The lowest BCUT2D eigenvalue weighted by molar-refractivity contribution is -0.156. The molecule has 1 aliphatic rings. The largest absolute Gasteiger partial charge is 0.454 e. The average molecular weight is 309 g/mol. The number of hydrogen-bond acceptors (Lipinski definition) is 4. The Morgan fingerprint density at radius 3 is 2.52 bits per heavy atom. The van der Waals surface area contributed by atoms with E-state index < -0.39 is 12.1 Å². The Balaban J connectivity index is 1.79. The number of esters is 1. The third kappa shape index (κ3) is 4.67. The van der Waals surface area contributed by atoms with Gasteiger partial charge in [0, 0.05) is 23.4 Å². The van der Waals surface area contributed by atoms with Gasteiger partial charge in [-0.25, -0.2) is 0 Å². The van der Waals surface area contributed by atoms with Gasteiger partial charge < -0.3 is 4.74 Å². The first-order valence-corrected chi connectivity index (χ1v) is 7.45. The van der Waals surface area contributed by atoms with Crippen molar-refractivity contribution in [1.29, 1.82) is 0 Å². The number of halogens is 1. The Morgan fingerprint density at radius 1 is 1.14 bits per heavy atom. The number of carbonyl (C=O) groups excluding carboxylic acids is 3. The molecule has 2 rings (SSSR count). The number of carbonyl (C=O) groups is 3. The molecule has 0 aromatic heterocycles. The lowest BCUT2D eigenvalue weighted by Crippen LogP contribution is -2.30. The minimum atomic E-state index is -0.614. The van der Waals surface area contributed by atoms with Gasteiger partial charge in [-0.2, -0.15) is 0 Å². The molecule has 0 saturated heterocycles. The van der Waals surface area contributed by atoms with E-state index in [1.54, 1.807) is 24.3 Å². The molecule has 1 aliphatic carbocycles. The Kier molecular flexibility index (Phi) is 5.51. The molecule has 1 aromatic rings. The van der Waals surface area contributed by atoms with Crippen molar-refractivity contribution in [2.75, 3.05) is 0 Å². The molecule has 0 spiro atoms. The van der Waals surface area contributed by atoms with Crippen molar-refractivity contribution in [3.8, 4) is 0 Å². The lowest BCUT2D eigenvalue weighted by Gasteiger charge is -2.20. The molecule has 0 bridgehead atoms. The van der Waals surface area contributed by atoms with Crippen molar-refractivity contribution in [2.45, 2.75) is 44.6 Å². The molecular weight excluding hydrogens is 292 g/mol. The van der Waals surface area contributed by atoms with Crippen molar-refractivity contribution >= 4 is 29.1 Å². The standard InChI is InChI=1S/C16H17ClO4/c17-12-7-5-11(6-8-12)13(18)9-10-16(20)21-15-4-2-1-3-14(15)19/h5-8,15H,1-4,9-10H2/t15-/m1/s1. The van der Waals surface area contributed by atoms with E-state index in [0.29, 0.717) is 23.4 Å². The van der Waals surface area contributed by atoms with E-state index in [1.807, 2.05) is 0 Å². The summed E-state index contributed by atoms with van der Waals surface area (Å²) in [5.41, 5.74) is 0.515. The summed E-state index contributed by atoms with van der Waals surface area (Å²) in [7, 11) is 0. The zero-order valence-corrected chi connectivity index (χ0v) is 12.4. The van der Waals surface area contributed by atoms with Gasteiger partial charge in [0.25, 0.3) is 0 Å². The van der Waals surface area contributed by atoms with Crippen LogP contribution in [0, 0.1) is 0 Å². The topological polar surface area (TPSA) is 60.4 Å². The molecule has 0 aliphatic heterocycles. The average Bonchev–Trinajstić information content (AvgIpc) is 2.48. The molecule has 1 fully saturated rings. The number of benzene rings is 1. The Bertz CT molecular complexity index is 536. The van der Waals surface area contributed by atoms with Gasteiger partial charge in [0.15, 0.2) is 17.7 Å². The Labute approximate surface area is 128 Å². The van der Waals surface area contributed by atoms with Crippen LogP contribution < -0.4 is 0 Å². The third-order valence-corrected chi connectivity index (χ3v) is 3.75. The second kappa shape index (κ2) is 7.36. The summed E-state index contributed by atoms with van der Waals surface area (Å²) in [6.45, 7) is 0. The van der Waals surface area contributed by atoms with Crippen molar-refractivity contribution < 1.29 is 19.1 Å². The summed E-state index contributed by atoms with van der Waals surface area (Å²) in [5.74, 6) is -0.644. The smallest absolute Gasteiger partial charge is 0.306 e. The molecule has 1 atom stereocenters. The molecule has 1 aromatic carbocycles. The molecule has 0 amide bonds. The Hall–Kier alpha value is -1.68. The van der Waals surface area contributed by atoms with Crippen LogP contribution in [0.5, 0.6) is 0 Å². The van der Waals surface area contributed by atoms with E-state index in [1.165, 1.54) is 0 Å². The maximum absolute atomic E-state index is 11.9. The Morgan fingerprint density at radius 2 is 1.86 bits per heavy atom. The first kappa shape index (κ1) is 15.7. The maximum atomic E-state index is 11.9. The molecule has 1 saturated carbocycles. The summed E-state index contributed by atoms with van der Waals surface area (Å²) in [4.78, 5) is 35.2. The summed E-state index contributed by atoms with van der Waals surface area (Å²) in [6.07, 6.45) is 2.27. The molecule has 0 N–H and O–H groups in total. The highest BCUT2D eigenvalue weighted by Gasteiger charge is 2.25. The highest BCUT2D eigenvalue weighted by molar-refractivity contribution is 6.30. The lowest BCUT2D eigenvalue weighted by atomic mass is 9.96. The molecule has 0 heterocycles. The van der Waals surface area contributed by atoms with Crippen LogP contribution in [0.4, 0.5) is 0 Å². The second-order valence-electron chi connectivity index (χ2n) is 5.12. The van der Waals surface area contributed by atoms with Gasteiger partial charge in [-0.3, -0.25) is 14.4 Å². The van der Waals surface area contributed by atoms with Gasteiger partial charge in [-0.15, -0.1) is 0 Å². The number of ether oxygens (including phenoxy) is 1. The van der Waals surface area contributed by atoms with Crippen LogP contribution in [0.2, 0.25) is 5.02 Å². The van der Waals surface area contributed by atoms with Crippen LogP contribution >= 0.6 is 11.6 Å². The monoisotopic (exact) mass is 308 g/mol. The van der Waals surface area contributed by atoms with Crippen molar-refractivity contribution in [3.63, 3.8) is 0 Å². The van der Waals surface area contributed by atoms with Crippen molar-refractivity contribution in [1.82, 2.24) is 0 Å². The molecule has 0 radical (unpaired) electrons. The minimum absolute atomic E-state index is 0.00869. The maximum Gasteiger partial charge on any atom is 0.306 e. The second-order valence-corrected chi connectivity index (χ2v) is 5.56. The third-order valence-electron chi connectivity index (χ3n) is 3.49. The number of Topliss-reactive ketones (excluding diaryl/α,β-unsaturated/α-hetero) is 2. The van der Waals surface area contributed by atoms with Gasteiger partial charge in [-0.1, -0.05) is 11.6 Å². The zero-order valence-electron chi connectivity index (χ0n) is 11.6. The first-order chi connectivity index (χ1) is 10.1. The highest BCUT2D eigenvalue weighted by Crippen LogP contribution is 2.18. The van der Waals surface area contributed by atoms with Crippen LogP contribution in [0.3, 0.4) is 0 Å². The number of hydrogen-bond donors (Lipinski definition) is 0. The normalized spacial score (nSPS) is 18.3. The van der Waals surface area contributed by atoms with Crippen LogP contribution in [0.25, 0.3) is 0 Å². The fraction of sp³-hybridized carbons (Fsp3) is 0.438. The zero-order chi connectivity index (χ0) is 15.2. The van der Waals surface area contributed by atoms with E-state index in [4.69, 9.17) is 16.3 Å². The van der Waals surface area contributed by atoms with Gasteiger partial charge in [0.1, 0.15) is 0 Å². The minimum Gasteiger partial charge on any atom is -0.454 e. The highest BCUT2D eigenvalue weighted by atomic mass is 35.5.